The van der Waals surface area contributed by atoms with Crippen LogP contribution in [0.5, 0.6) is 0 Å². The summed E-state index contributed by atoms with van der Waals surface area (Å²) < 4.78 is 0. The summed E-state index contributed by atoms with van der Waals surface area (Å²) >= 11 is 0. The fourth-order valence-corrected chi connectivity index (χ4v) is 6.80. The molecule has 5 nitrogen and oxygen atoms in total. The second-order valence-corrected chi connectivity index (χ2v) is 12.2. The normalized spacial score (nSPS) is 16.1. The summed E-state index contributed by atoms with van der Waals surface area (Å²) in [5, 5.41) is 12.0. The average Bonchev–Trinajstić information content (AvgIpc) is 3.18. The van der Waals surface area contributed by atoms with Gasteiger partial charge in [-0.25, -0.2) is 9.98 Å². The third kappa shape index (κ3) is 5.07. The van der Waals surface area contributed by atoms with Crippen molar-refractivity contribution in [3.8, 4) is 22.4 Å². The molecule has 8 aromatic rings. The van der Waals surface area contributed by atoms with Crippen LogP contribution in [0.3, 0.4) is 0 Å². The maximum Gasteiger partial charge on any atom is 0.131 e. The van der Waals surface area contributed by atoms with Crippen LogP contribution < -0.4 is 10.6 Å². The lowest BCUT2D eigenvalue weighted by Gasteiger charge is -2.32. The maximum atomic E-state index is 5.23. The van der Waals surface area contributed by atoms with Gasteiger partial charge in [-0.1, -0.05) is 146 Å². The lowest BCUT2D eigenvalue weighted by molar-refractivity contribution is 0.409. The Balaban J connectivity index is 1.10. The quantitative estimate of drug-likeness (QED) is 0.189. The molecule has 228 valence electrons. The van der Waals surface area contributed by atoms with E-state index in [2.05, 4.69) is 144 Å². The summed E-state index contributed by atoms with van der Waals surface area (Å²) in [6.45, 7) is 0. The predicted molar refractivity (Wildman–Crippen MR) is 197 cm³/mol. The van der Waals surface area contributed by atoms with Crippen LogP contribution in [0.4, 0.5) is 0 Å². The summed E-state index contributed by atoms with van der Waals surface area (Å²) in [5.74, 6) is 0.871. The van der Waals surface area contributed by atoms with E-state index in [0.29, 0.717) is 0 Å². The highest BCUT2D eigenvalue weighted by Crippen LogP contribution is 2.35. The Morgan fingerprint density at radius 1 is 0.458 bits per heavy atom. The Morgan fingerprint density at radius 2 is 1.02 bits per heavy atom. The van der Waals surface area contributed by atoms with Crippen molar-refractivity contribution in [3.63, 3.8) is 0 Å². The summed E-state index contributed by atoms with van der Waals surface area (Å²) in [6.07, 6.45) is 1.58. The first-order valence-electron chi connectivity index (χ1n) is 16.3. The molecule has 2 heterocycles. The van der Waals surface area contributed by atoms with Gasteiger partial charge in [0.2, 0.25) is 0 Å². The number of benzene rings is 7. The Hall–Kier alpha value is -6.17. The molecule has 0 aliphatic carbocycles. The third-order valence-electron chi connectivity index (χ3n) is 9.16. The molecule has 1 aromatic heterocycles. The smallest absolute Gasteiger partial charge is 0.131 e. The molecule has 2 N–H and O–H groups in total. The van der Waals surface area contributed by atoms with Gasteiger partial charge in [-0.15, -0.1) is 0 Å². The molecule has 0 fully saturated rings. The topological polar surface area (TPSA) is 62.2 Å². The van der Waals surface area contributed by atoms with E-state index in [1.54, 1.807) is 0 Å². The molecule has 0 saturated heterocycles. The molecule has 1 aliphatic heterocycles. The van der Waals surface area contributed by atoms with Crippen molar-refractivity contribution < 1.29 is 0 Å². The molecule has 7 aromatic carbocycles. The number of aliphatic imine (C=N–C) groups is 1. The molecule has 0 radical (unpaired) electrons. The van der Waals surface area contributed by atoms with Crippen LogP contribution in [0.2, 0.25) is 0 Å². The number of nitrogens with zero attached hydrogens (tertiary/aromatic N) is 3. The van der Waals surface area contributed by atoms with Crippen molar-refractivity contribution >= 4 is 38.4 Å². The Morgan fingerprint density at radius 3 is 1.77 bits per heavy atom. The van der Waals surface area contributed by atoms with Crippen molar-refractivity contribution in [2.75, 3.05) is 0 Å². The Bertz CT molecular complexity index is 2440. The highest BCUT2D eigenvalue weighted by atomic mass is 15.3. The summed E-state index contributed by atoms with van der Waals surface area (Å²) in [6, 6.07) is 54.9. The van der Waals surface area contributed by atoms with Crippen LogP contribution in [-0.2, 0) is 0 Å². The number of amidine groups is 1. The standard InChI is InChI=1S/C43H31N5/c1-3-13-28(14-4-1)41-46-42(29-15-5-2-6-16-29)48-43(47-41)33-20-12-18-31(26-33)30-17-11-19-32(25-30)38-27-44-39-36-23-9-7-21-34(36)35-22-8-10-24-37(35)40(39)45-38/h1-27,41,43,47H,(H,46,48). The molecule has 9 rings (SSSR count). The fourth-order valence-electron chi connectivity index (χ4n) is 6.80. The largest absolute Gasteiger partial charge is 0.350 e. The summed E-state index contributed by atoms with van der Waals surface area (Å²) in [4.78, 5) is 15.4. The van der Waals surface area contributed by atoms with E-state index in [4.69, 9.17) is 15.0 Å². The number of aromatic nitrogens is 2. The van der Waals surface area contributed by atoms with Crippen LogP contribution in [0, 0.1) is 0 Å². The summed E-state index contributed by atoms with van der Waals surface area (Å²) in [7, 11) is 0. The maximum absolute atomic E-state index is 5.23. The first-order valence-corrected chi connectivity index (χ1v) is 16.3. The zero-order chi connectivity index (χ0) is 31.9. The Labute approximate surface area is 278 Å². The van der Waals surface area contributed by atoms with Gasteiger partial charge in [-0.3, -0.25) is 10.3 Å². The van der Waals surface area contributed by atoms with Crippen molar-refractivity contribution in [1.82, 2.24) is 20.6 Å². The van der Waals surface area contributed by atoms with Crippen molar-refractivity contribution in [1.29, 1.82) is 0 Å². The SMILES string of the molecule is c1ccc(C2=NC(c3cccc(-c4cccc(-c5cnc6c7ccccc7c7ccccc7c6n5)c4)c3)NC(c3ccccc3)N2)cc1. The number of rotatable bonds is 5. The van der Waals surface area contributed by atoms with Gasteiger partial charge in [-0.05, 0) is 45.2 Å². The predicted octanol–water partition coefficient (Wildman–Crippen LogP) is 9.61. The molecule has 2 unspecified atom stereocenters. The first kappa shape index (κ1) is 28.1. The number of hydrogen-bond acceptors (Lipinski definition) is 5. The van der Waals surface area contributed by atoms with E-state index in [1.807, 2.05) is 30.5 Å². The monoisotopic (exact) mass is 617 g/mol. The third-order valence-corrected chi connectivity index (χ3v) is 9.16. The molecule has 0 amide bonds. The average molecular weight is 618 g/mol. The van der Waals surface area contributed by atoms with Gasteiger partial charge in [-0.2, -0.15) is 0 Å². The second-order valence-electron chi connectivity index (χ2n) is 12.2. The highest BCUT2D eigenvalue weighted by Gasteiger charge is 2.25. The van der Waals surface area contributed by atoms with Gasteiger partial charge >= 0.3 is 0 Å². The zero-order valence-corrected chi connectivity index (χ0v) is 26.1. The zero-order valence-electron chi connectivity index (χ0n) is 26.1. The van der Waals surface area contributed by atoms with Crippen LogP contribution in [0.1, 0.15) is 29.0 Å². The van der Waals surface area contributed by atoms with Crippen molar-refractivity contribution in [2.45, 2.75) is 12.3 Å². The van der Waals surface area contributed by atoms with E-state index in [9.17, 15) is 0 Å². The van der Waals surface area contributed by atoms with E-state index in [-0.39, 0.29) is 12.3 Å². The summed E-state index contributed by atoms with van der Waals surface area (Å²) in [5.41, 5.74) is 9.27. The van der Waals surface area contributed by atoms with E-state index in [1.165, 1.54) is 10.8 Å². The van der Waals surface area contributed by atoms with Crippen LogP contribution in [0.15, 0.2) is 169 Å². The molecular formula is C43H31N5. The van der Waals surface area contributed by atoms with Gasteiger partial charge in [0.05, 0.1) is 22.9 Å². The first-order chi connectivity index (χ1) is 23.8. The van der Waals surface area contributed by atoms with Gasteiger partial charge in [0.15, 0.2) is 0 Å². The second kappa shape index (κ2) is 11.9. The van der Waals surface area contributed by atoms with E-state index < -0.39 is 0 Å². The molecule has 0 bridgehead atoms. The fraction of sp³-hybridized carbons (Fsp3) is 0.0465. The highest BCUT2D eigenvalue weighted by molar-refractivity contribution is 6.23. The molecule has 2 atom stereocenters. The molecule has 5 heteroatoms. The lowest BCUT2D eigenvalue weighted by Crippen LogP contribution is -2.44. The Kier molecular flexibility index (Phi) is 6.95. The minimum Gasteiger partial charge on any atom is -0.350 e. The molecule has 48 heavy (non-hydrogen) atoms. The number of hydrogen-bond donors (Lipinski definition) is 2. The molecule has 0 saturated carbocycles. The minimum absolute atomic E-state index is 0.0874. The molecule has 1 aliphatic rings. The van der Waals surface area contributed by atoms with Gasteiger partial charge in [0, 0.05) is 21.9 Å². The van der Waals surface area contributed by atoms with Gasteiger partial charge < -0.3 is 5.32 Å². The van der Waals surface area contributed by atoms with Gasteiger partial charge in [0.25, 0.3) is 0 Å². The minimum atomic E-state index is -0.232. The van der Waals surface area contributed by atoms with E-state index in [0.717, 1.165) is 66.7 Å². The van der Waals surface area contributed by atoms with Gasteiger partial charge in [0.1, 0.15) is 18.2 Å². The van der Waals surface area contributed by atoms with Crippen LogP contribution in [0.25, 0.3) is 55.0 Å². The van der Waals surface area contributed by atoms with E-state index >= 15 is 0 Å². The number of fused-ring (bicyclic) bond motifs is 6. The molecular weight excluding hydrogens is 587 g/mol. The number of nitrogens with one attached hydrogen (secondary N) is 2. The van der Waals surface area contributed by atoms with Crippen LogP contribution in [-0.4, -0.2) is 15.8 Å². The van der Waals surface area contributed by atoms with Crippen molar-refractivity contribution in [3.05, 3.63) is 181 Å². The lowest BCUT2D eigenvalue weighted by atomic mass is 9.98. The van der Waals surface area contributed by atoms with Crippen molar-refractivity contribution in [2.24, 2.45) is 4.99 Å². The molecule has 0 spiro atoms. The van der Waals surface area contributed by atoms with Crippen LogP contribution >= 0.6 is 0 Å².